The summed E-state index contributed by atoms with van der Waals surface area (Å²) >= 11 is 0. The second-order valence-corrected chi connectivity index (χ2v) is 8.57. The highest BCUT2D eigenvalue weighted by atomic mass is 16.5. The minimum Gasteiger partial charge on any atom is -0.496 e. The molecule has 0 saturated heterocycles. The molecule has 0 aliphatic heterocycles. The van der Waals surface area contributed by atoms with E-state index in [1.807, 2.05) is 0 Å². The topological polar surface area (TPSA) is 9.23 Å². The molecule has 0 amide bonds. The molecule has 5 rings (SSSR count). The third-order valence-electron chi connectivity index (χ3n) is 6.55. The number of fused-ring (bicyclic) bond motifs is 1. The fourth-order valence-corrected chi connectivity index (χ4v) is 4.89. The van der Waals surface area contributed by atoms with E-state index in [0.717, 1.165) is 18.6 Å². The predicted octanol–water partition coefficient (Wildman–Crippen LogP) is 7.67. The van der Waals surface area contributed by atoms with Crippen LogP contribution in [-0.2, 0) is 6.42 Å². The van der Waals surface area contributed by atoms with Gasteiger partial charge in [-0.1, -0.05) is 91.0 Å². The highest BCUT2D eigenvalue weighted by molar-refractivity contribution is 5.91. The van der Waals surface area contributed by atoms with E-state index in [1.165, 1.54) is 44.5 Å². The smallest absolute Gasteiger partial charge is 0.122 e. The molecule has 4 aromatic carbocycles. The minimum atomic E-state index is 0.445. The zero-order valence-electron chi connectivity index (χ0n) is 18.7. The van der Waals surface area contributed by atoms with Crippen LogP contribution < -0.4 is 4.74 Å². The van der Waals surface area contributed by atoms with Crippen LogP contribution in [0.1, 0.15) is 51.3 Å². The first kappa shape index (κ1) is 20.3. The summed E-state index contributed by atoms with van der Waals surface area (Å²) in [4.78, 5) is 0. The Morgan fingerprint density at radius 1 is 0.812 bits per heavy atom. The molecule has 0 bridgehead atoms. The molecule has 158 valence electrons. The average molecular weight is 417 g/mol. The van der Waals surface area contributed by atoms with Gasteiger partial charge in [-0.05, 0) is 76.4 Å². The molecule has 1 nitrogen and oxygen atoms in total. The van der Waals surface area contributed by atoms with Crippen molar-refractivity contribution in [3.8, 4) is 5.75 Å². The maximum atomic E-state index is 5.59. The number of methoxy groups -OCH3 is 1. The number of rotatable bonds is 5. The van der Waals surface area contributed by atoms with E-state index < -0.39 is 0 Å². The maximum absolute atomic E-state index is 5.59. The molecule has 0 aromatic heterocycles. The predicted molar refractivity (Wildman–Crippen MR) is 134 cm³/mol. The van der Waals surface area contributed by atoms with Crippen molar-refractivity contribution in [2.45, 2.75) is 25.7 Å². The van der Waals surface area contributed by atoms with Gasteiger partial charge in [0.25, 0.3) is 0 Å². The van der Waals surface area contributed by atoms with E-state index in [9.17, 15) is 0 Å². The second-order valence-electron chi connectivity index (χ2n) is 8.57. The number of benzene rings is 4. The Balaban J connectivity index is 1.48. The summed E-state index contributed by atoms with van der Waals surface area (Å²) in [7, 11) is 1.76. The van der Waals surface area contributed by atoms with Crippen molar-refractivity contribution in [1.29, 1.82) is 0 Å². The Bertz CT molecular complexity index is 1190. The molecule has 0 heterocycles. The number of hydrogen-bond acceptors (Lipinski definition) is 1. The molecule has 1 aliphatic carbocycles. The Kier molecular flexibility index (Phi) is 5.64. The third-order valence-corrected chi connectivity index (χ3v) is 6.55. The van der Waals surface area contributed by atoms with E-state index in [4.69, 9.17) is 4.74 Å². The van der Waals surface area contributed by atoms with Crippen LogP contribution in [0.4, 0.5) is 0 Å². The summed E-state index contributed by atoms with van der Waals surface area (Å²) in [5, 5.41) is 0. The number of aryl methyl sites for hydroxylation is 2. The SMILES string of the molecule is COc1cc2c(cc1C)CCC2c1ccc(C=C(c2ccccc2)c2ccccc2)cc1. The molecule has 0 spiro atoms. The first-order chi connectivity index (χ1) is 15.7. The first-order valence-corrected chi connectivity index (χ1v) is 11.3. The highest BCUT2D eigenvalue weighted by Gasteiger charge is 2.25. The monoisotopic (exact) mass is 416 g/mol. The van der Waals surface area contributed by atoms with Crippen LogP contribution in [0, 0.1) is 6.92 Å². The van der Waals surface area contributed by atoms with Crippen molar-refractivity contribution in [2.75, 3.05) is 7.11 Å². The zero-order chi connectivity index (χ0) is 21.9. The van der Waals surface area contributed by atoms with Gasteiger partial charge >= 0.3 is 0 Å². The highest BCUT2D eigenvalue weighted by Crippen LogP contribution is 2.41. The summed E-state index contributed by atoms with van der Waals surface area (Å²) in [6, 6.07) is 34.9. The van der Waals surface area contributed by atoms with E-state index in [2.05, 4.69) is 110 Å². The van der Waals surface area contributed by atoms with Crippen molar-refractivity contribution >= 4 is 11.6 Å². The molecule has 1 aliphatic rings. The van der Waals surface area contributed by atoms with Gasteiger partial charge in [0.2, 0.25) is 0 Å². The van der Waals surface area contributed by atoms with Gasteiger partial charge in [0.1, 0.15) is 5.75 Å². The standard InChI is InChI=1S/C31H28O/c1-22-19-27-17-18-28(30(27)21-31(22)32-2)26-15-13-23(14-16-26)20-29(24-9-5-3-6-10-24)25-11-7-4-8-12-25/h3-16,19-21,28H,17-18H2,1-2H3. The lowest BCUT2D eigenvalue weighted by atomic mass is 9.91. The molecule has 0 radical (unpaired) electrons. The van der Waals surface area contributed by atoms with Gasteiger partial charge in [0.05, 0.1) is 7.11 Å². The summed E-state index contributed by atoms with van der Waals surface area (Å²) in [5.41, 5.74) is 10.4. The van der Waals surface area contributed by atoms with Gasteiger partial charge in [0.15, 0.2) is 0 Å². The Morgan fingerprint density at radius 2 is 1.44 bits per heavy atom. The molecule has 1 unspecified atom stereocenters. The van der Waals surface area contributed by atoms with Crippen molar-refractivity contribution in [3.05, 3.63) is 136 Å². The van der Waals surface area contributed by atoms with Crippen LogP contribution in [0.15, 0.2) is 97.1 Å². The lowest BCUT2D eigenvalue weighted by molar-refractivity contribution is 0.411. The largest absolute Gasteiger partial charge is 0.496 e. The zero-order valence-corrected chi connectivity index (χ0v) is 18.7. The van der Waals surface area contributed by atoms with Crippen LogP contribution >= 0.6 is 0 Å². The molecule has 0 fully saturated rings. The quantitative estimate of drug-likeness (QED) is 0.303. The summed E-state index contributed by atoms with van der Waals surface area (Å²) < 4.78 is 5.59. The molecule has 4 aromatic rings. The summed E-state index contributed by atoms with van der Waals surface area (Å²) in [5.74, 6) is 1.44. The van der Waals surface area contributed by atoms with E-state index in [-0.39, 0.29) is 0 Å². The second kappa shape index (κ2) is 8.88. The molecular formula is C31H28O. The summed E-state index contributed by atoms with van der Waals surface area (Å²) in [6.45, 7) is 2.13. The van der Waals surface area contributed by atoms with Crippen LogP contribution in [0.3, 0.4) is 0 Å². The summed E-state index contributed by atoms with van der Waals surface area (Å²) in [6.07, 6.45) is 4.60. The van der Waals surface area contributed by atoms with Crippen LogP contribution in [0.2, 0.25) is 0 Å². The fourth-order valence-electron chi connectivity index (χ4n) is 4.89. The maximum Gasteiger partial charge on any atom is 0.122 e. The normalized spacial score (nSPS) is 14.6. The molecule has 0 N–H and O–H groups in total. The van der Waals surface area contributed by atoms with Crippen molar-refractivity contribution in [3.63, 3.8) is 0 Å². The molecule has 0 saturated carbocycles. The van der Waals surface area contributed by atoms with Crippen LogP contribution in [0.5, 0.6) is 5.75 Å². The molecule has 1 heteroatoms. The van der Waals surface area contributed by atoms with Crippen molar-refractivity contribution in [1.82, 2.24) is 0 Å². The lowest BCUT2D eigenvalue weighted by Crippen LogP contribution is -1.98. The lowest BCUT2D eigenvalue weighted by Gasteiger charge is -2.15. The van der Waals surface area contributed by atoms with Crippen molar-refractivity contribution in [2.24, 2.45) is 0 Å². The van der Waals surface area contributed by atoms with Crippen molar-refractivity contribution < 1.29 is 4.74 Å². The number of hydrogen-bond donors (Lipinski definition) is 0. The average Bonchev–Trinajstić information content (AvgIpc) is 3.26. The van der Waals surface area contributed by atoms with E-state index in [1.54, 1.807) is 7.11 Å². The number of ether oxygens (including phenoxy) is 1. The molecular weight excluding hydrogens is 388 g/mol. The van der Waals surface area contributed by atoms with Gasteiger partial charge in [0, 0.05) is 5.92 Å². The van der Waals surface area contributed by atoms with Gasteiger partial charge in [-0.15, -0.1) is 0 Å². The first-order valence-electron chi connectivity index (χ1n) is 11.3. The van der Waals surface area contributed by atoms with Gasteiger partial charge < -0.3 is 4.74 Å². The van der Waals surface area contributed by atoms with E-state index in [0.29, 0.717) is 5.92 Å². The Morgan fingerprint density at radius 3 is 2.03 bits per heavy atom. The van der Waals surface area contributed by atoms with Gasteiger partial charge in [-0.2, -0.15) is 0 Å². The fraction of sp³-hybridized carbons (Fsp3) is 0.161. The Labute approximate surface area is 191 Å². The van der Waals surface area contributed by atoms with E-state index >= 15 is 0 Å². The minimum absolute atomic E-state index is 0.445. The Hall–Kier alpha value is -3.58. The van der Waals surface area contributed by atoms with Gasteiger partial charge in [-0.3, -0.25) is 0 Å². The molecule has 32 heavy (non-hydrogen) atoms. The van der Waals surface area contributed by atoms with Crippen LogP contribution in [-0.4, -0.2) is 7.11 Å². The van der Waals surface area contributed by atoms with Crippen LogP contribution in [0.25, 0.3) is 11.6 Å². The molecule has 1 atom stereocenters. The van der Waals surface area contributed by atoms with Gasteiger partial charge in [-0.25, -0.2) is 0 Å². The third kappa shape index (κ3) is 3.99.